The fourth-order valence-electron chi connectivity index (χ4n) is 2.15. The van der Waals surface area contributed by atoms with E-state index in [4.69, 9.17) is 4.74 Å². The summed E-state index contributed by atoms with van der Waals surface area (Å²) in [6, 6.07) is 2.95. The van der Waals surface area contributed by atoms with Crippen molar-refractivity contribution >= 4 is 5.82 Å². The molecule has 0 unspecified atom stereocenters. The maximum absolute atomic E-state index is 5.50. The molecule has 1 aromatic rings. The van der Waals surface area contributed by atoms with E-state index >= 15 is 0 Å². The summed E-state index contributed by atoms with van der Waals surface area (Å²) in [5.41, 5.74) is 0. The Morgan fingerprint density at radius 3 is 2.50 bits per heavy atom. The van der Waals surface area contributed by atoms with Crippen molar-refractivity contribution in [1.29, 1.82) is 0 Å². The molecule has 20 heavy (non-hydrogen) atoms. The number of aromatic nitrogens is 2. The van der Waals surface area contributed by atoms with Gasteiger partial charge in [0.2, 0.25) is 5.88 Å². The third kappa shape index (κ3) is 5.74. The zero-order valence-electron chi connectivity index (χ0n) is 13.4. The smallest absolute Gasteiger partial charge is 0.218 e. The molecule has 0 saturated carbocycles. The van der Waals surface area contributed by atoms with Crippen LogP contribution < -0.4 is 10.1 Å². The molecule has 1 rings (SSSR count). The maximum Gasteiger partial charge on any atom is 0.218 e. The summed E-state index contributed by atoms with van der Waals surface area (Å²) in [6.45, 7) is 13.5. The minimum atomic E-state index is 0.547. The van der Waals surface area contributed by atoms with E-state index in [1.54, 1.807) is 0 Å². The van der Waals surface area contributed by atoms with Crippen LogP contribution in [0.4, 0.5) is 5.82 Å². The van der Waals surface area contributed by atoms with Crippen LogP contribution in [0.2, 0.25) is 0 Å². The molecule has 0 saturated heterocycles. The van der Waals surface area contributed by atoms with Crippen molar-refractivity contribution in [2.45, 2.75) is 53.1 Å². The van der Waals surface area contributed by atoms with E-state index in [9.17, 15) is 0 Å². The lowest BCUT2D eigenvalue weighted by Crippen LogP contribution is -2.40. The van der Waals surface area contributed by atoms with Gasteiger partial charge in [-0.2, -0.15) is 0 Å². The van der Waals surface area contributed by atoms with Gasteiger partial charge in [-0.15, -0.1) is 0 Å². The third-order valence-electron chi connectivity index (χ3n) is 3.10. The molecule has 1 aromatic heterocycles. The number of rotatable bonds is 9. The number of nitrogens with one attached hydrogen (secondary N) is 1. The van der Waals surface area contributed by atoms with Crippen molar-refractivity contribution < 1.29 is 4.74 Å². The lowest BCUT2D eigenvalue weighted by molar-refractivity contribution is 0.182. The van der Waals surface area contributed by atoms with Crippen molar-refractivity contribution in [1.82, 2.24) is 14.9 Å². The molecule has 0 fully saturated rings. The summed E-state index contributed by atoms with van der Waals surface area (Å²) in [4.78, 5) is 10.8. The maximum atomic E-state index is 5.50. The van der Waals surface area contributed by atoms with Crippen molar-refractivity contribution in [3.05, 3.63) is 12.4 Å². The number of hydrogen-bond acceptors (Lipinski definition) is 5. The predicted molar refractivity (Wildman–Crippen MR) is 83.3 cm³/mol. The highest BCUT2D eigenvalue weighted by Gasteiger charge is 2.12. The molecule has 0 aliphatic carbocycles. The van der Waals surface area contributed by atoms with E-state index < -0.39 is 0 Å². The summed E-state index contributed by atoms with van der Waals surface area (Å²) < 4.78 is 5.50. The Bertz CT molecular complexity index is 374. The summed E-state index contributed by atoms with van der Waals surface area (Å²) in [5.74, 6) is 1.45. The highest BCUT2D eigenvalue weighted by Crippen LogP contribution is 2.11. The van der Waals surface area contributed by atoms with Gasteiger partial charge in [-0.05, 0) is 34.1 Å². The van der Waals surface area contributed by atoms with Gasteiger partial charge in [-0.3, -0.25) is 4.90 Å². The molecular formula is C15H28N4O. The van der Waals surface area contributed by atoms with Crippen LogP contribution in [0.5, 0.6) is 5.88 Å². The monoisotopic (exact) mass is 280 g/mol. The molecule has 1 N–H and O–H groups in total. The third-order valence-corrected chi connectivity index (χ3v) is 3.10. The highest BCUT2D eigenvalue weighted by molar-refractivity contribution is 5.36. The molecule has 0 aliphatic heterocycles. The van der Waals surface area contributed by atoms with Gasteiger partial charge in [0.05, 0.1) is 6.61 Å². The molecule has 1 heterocycles. The molecule has 0 spiro atoms. The van der Waals surface area contributed by atoms with Crippen LogP contribution in [-0.4, -0.2) is 46.6 Å². The van der Waals surface area contributed by atoms with Gasteiger partial charge in [0.25, 0.3) is 0 Å². The molecule has 0 amide bonds. The average molecular weight is 280 g/mol. The fraction of sp³-hybridized carbons (Fsp3) is 0.733. The minimum absolute atomic E-state index is 0.547. The second-order valence-electron chi connectivity index (χ2n) is 5.44. The normalized spacial score (nSPS) is 11.4. The largest absolute Gasteiger partial charge is 0.478 e. The van der Waals surface area contributed by atoms with Gasteiger partial charge < -0.3 is 10.1 Å². The van der Waals surface area contributed by atoms with Gasteiger partial charge in [0, 0.05) is 31.2 Å². The van der Waals surface area contributed by atoms with Crippen LogP contribution >= 0.6 is 0 Å². The van der Waals surface area contributed by atoms with E-state index in [0.29, 0.717) is 24.6 Å². The average Bonchev–Trinajstić information content (AvgIpc) is 2.41. The highest BCUT2D eigenvalue weighted by atomic mass is 16.5. The SMILES string of the molecule is CCCOc1cc(NCCN(C(C)C)C(C)C)ncn1. The molecule has 0 bridgehead atoms. The first-order chi connectivity index (χ1) is 9.54. The Hall–Kier alpha value is -1.36. The van der Waals surface area contributed by atoms with Crippen LogP contribution in [0.15, 0.2) is 12.4 Å². The lowest BCUT2D eigenvalue weighted by Gasteiger charge is -2.30. The van der Waals surface area contributed by atoms with E-state index in [1.165, 1.54) is 6.33 Å². The van der Waals surface area contributed by atoms with Crippen molar-refractivity contribution in [2.75, 3.05) is 25.0 Å². The van der Waals surface area contributed by atoms with E-state index in [2.05, 4.69) is 54.8 Å². The van der Waals surface area contributed by atoms with Crippen LogP contribution in [0.25, 0.3) is 0 Å². The van der Waals surface area contributed by atoms with Crippen molar-refractivity contribution in [3.63, 3.8) is 0 Å². The van der Waals surface area contributed by atoms with Gasteiger partial charge in [-0.25, -0.2) is 9.97 Å². The fourth-order valence-corrected chi connectivity index (χ4v) is 2.15. The first-order valence-corrected chi connectivity index (χ1v) is 7.49. The quantitative estimate of drug-likeness (QED) is 0.754. The van der Waals surface area contributed by atoms with E-state index in [0.717, 1.165) is 25.3 Å². The molecule has 0 aliphatic rings. The van der Waals surface area contributed by atoms with Gasteiger partial charge >= 0.3 is 0 Å². The second kappa shape index (κ2) is 8.74. The summed E-state index contributed by atoms with van der Waals surface area (Å²) in [6.07, 6.45) is 2.51. The Kier molecular flexibility index (Phi) is 7.30. The first kappa shape index (κ1) is 16.7. The topological polar surface area (TPSA) is 50.3 Å². The Morgan fingerprint density at radius 2 is 1.90 bits per heavy atom. The van der Waals surface area contributed by atoms with E-state index in [1.807, 2.05) is 6.07 Å². The van der Waals surface area contributed by atoms with Crippen molar-refractivity contribution in [3.8, 4) is 5.88 Å². The van der Waals surface area contributed by atoms with Gasteiger partial charge in [0.1, 0.15) is 12.1 Å². The number of anilines is 1. The van der Waals surface area contributed by atoms with Crippen LogP contribution in [0.3, 0.4) is 0 Å². The predicted octanol–water partition coefficient (Wildman–Crippen LogP) is 2.80. The molecule has 0 aromatic carbocycles. The number of ether oxygens (including phenoxy) is 1. The minimum Gasteiger partial charge on any atom is -0.478 e. The van der Waals surface area contributed by atoms with Gasteiger partial charge in [0.15, 0.2) is 0 Å². The molecule has 0 atom stereocenters. The standard InChI is InChI=1S/C15H28N4O/c1-6-9-20-15-10-14(17-11-18-15)16-7-8-19(12(2)3)13(4)5/h10-13H,6-9H2,1-5H3,(H,16,17,18). The zero-order valence-corrected chi connectivity index (χ0v) is 13.4. The summed E-state index contributed by atoms with van der Waals surface area (Å²) in [7, 11) is 0. The van der Waals surface area contributed by atoms with Crippen LogP contribution in [0, 0.1) is 0 Å². The number of nitrogens with zero attached hydrogens (tertiary/aromatic N) is 3. The Morgan fingerprint density at radius 1 is 1.20 bits per heavy atom. The first-order valence-electron chi connectivity index (χ1n) is 7.49. The van der Waals surface area contributed by atoms with Crippen LogP contribution in [0.1, 0.15) is 41.0 Å². The molecule has 5 nitrogen and oxygen atoms in total. The molecular weight excluding hydrogens is 252 g/mol. The molecule has 114 valence electrons. The summed E-state index contributed by atoms with van der Waals surface area (Å²) >= 11 is 0. The summed E-state index contributed by atoms with van der Waals surface area (Å²) in [5, 5.41) is 3.33. The van der Waals surface area contributed by atoms with Crippen LogP contribution in [-0.2, 0) is 0 Å². The number of hydrogen-bond donors (Lipinski definition) is 1. The van der Waals surface area contributed by atoms with Gasteiger partial charge in [-0.1, -0.05) is 6.92 Å². The van der Waals surface area contributed by atoms with Crippen molar-refractivity contribution in [2.24, 2.45) is 0 Å². The molecule has 5 heteroatoms. The Labute approximate surface area is 122 Å². The van der Waals surface area contributed by atoms with E-state index in [-0.39, 0.29) is 0 Å². The zero-order chi connectivity index (χ0) is 15.0. The second-order valence-corrected chi connectivity index (χ2v) is 5.44. The lowest BCUT2D eigenvalue weighted by atomic mass is 10.2. The Balaban J connectivity index is 2.45. The molecule has 0 radical (unpaired) electrons.